The summed E-state index contributed by atoms with van der Waals surface area (Å²) in [6, 6.07) is -0.235. The van der Waals surface area contributed by atoms with Crippen LogP contribution < -0.4 is 5.32 Å². The fraction of sp³-hybridized carbons (Fsp3) is 0.545. The highest BCUT2D eigenvalue weighted by atomic mass is 16.1. The lowest BCUT2D eigenvalue weighted by atomic mass is 10.1. The molecule has 0 spiro atoms. The highest BCUT2D eigenvalue weighted by molar-refractivity contribution is 5.93. The van der Waals surface area contributed by atoms with Crippen LogP contribution in [-0.4, -0.2) is 36.3 Å². The number of carbonyl (C=O) groups excluding carboxylic acids is 1. The average molecular weight is 263 g/mol. The van der Waals surface area contributed by atoms with E-state index in [4.69, 9.17) is 0 Å². The van der Waals surface area contributed by atoms with Crippen molar-refractivity contribution in [1.82, 2.24) is 35.7 Å². The van der Waals surface area contributed by atoms with E-state index in [1.54, 1.807) is 17.1 Å². The predicted molar refractivity (Wildman–Crippen MR) is 67.2 cm³/mol. The van der Waals surface area contributed by atoms with E-state index in [0.29, 0.717) is 11.4 Å². The molecule has 0 aliphatic rings. The lowest BCUT2D eigenvalue weighted by Crippen LogP contribution is -2.29. The number of hydrogen-bond acceptors (Lipinski definition) is 5. The first-order chi connectivity index (χ1) is 9.24. The van der Waals surface area contributed by atoms with Gasteiger partial charge in [-0.05, 0) is 13.3 Å². The van der Waals surface area contributed by atoms with Crippen molar-refractivity contribution in [3.63, 3.8) is 0 Å². The third-order valence-electron chi connectivity index (χ3n) is 2.78. The molecule has 0 radical (unpaired) electrons. The minimum Gasteiger partial charge on any atom is -0.342 e. The smallest absolute Gasteiger partial charge is 0.255 e. The van der Waals surface area contributed by atoms with E-state index >= 15 is 0 Å². The molecule has 1 amide bonds. The fourth-order valence-corrected chi connectivity index (χ4v) is 1.77. The zero-order chi connectivity index (χ0) is 13.7. The highest BCUT2D eigenvalue weighted by Crippen LogP contribution is 2.14. The van der Waals surface area contributed by atoms with Gasteiger partial charge in [-0.25, -0.2) is 0 Å². The van der Waals surface area contributed by atoms with Crippen molar-refractivity contribution in [2.75, 3.05) is 0 Å². The van der Waals surface area contributed by atoms with Crippen molar-refractivity contribution in [3.05, 3.63) is 23.8 Å². The second-order valence-corrected chi connectivity index (χ2v) is 4.17. The molecule has 0 bridgehead atoms. The Morgan fingerprint density at radius 3 is 2.95 bits per heavy atom. The molecule has 0 aliphatic heterocycles. The van der Waals surface area contributed by atoms with Gasteiger partial charge in [0.25, 0.3) is 5.91 Å². The molecule has 8 heteroatoms. The Kier molecular flexibility index (Phi) is 4.22. The van der Waals surface area contributed by atoms with E-state index < -0.39 is 0 Å². The van der Waals surface area contributed by atoms with Gasteiger partial charge in [0, 0.05) is 12.7 Å². The lowest BCUT2D eigenvalue weighted by molar-refractivity contribution is 0.0932. The van der Waals surface area contributed by atoms with E-state index in [2.05, 4.69) is 31.0 Å². The SMILES string of the molecule is CCCC(NC(=O)c1cnn(CC)c1)c1nn[nH]n1. The first kappa shape index (κ1) is 13.2. The second kappa shape index (κ2) is 6.07. The molecule has 2 aromatic heterocycles. The maximum absolute atomic E-state index is 12.1. The summed E-state index contributed by atoms with van der Waals surface area (Å²) >= 11 is 0. The molecule has 1 unspecified atom stereocenters. The van der Waals surface area contributed by atoms with Gasteiger partial charge in [-0.1, -0.05) is 18.6 Å². The molecule has 2 heterocycles. The predicted octanol–water partition coefficient (Wildman–Crippen LogP) is 0.687. The number of nitrogens with zero attached hydrogens (tertiary/aromatic N) is 5. The van der Waals surface area contributed by atoms with Crippen LogP contribution in [0, 0.1) is 0 Å². The molecular weight excluding hydrogens is 246 g/mol. The molecule has 1 atom stereocenters. The van der Waals surface area contributed by atoms with Gasteiger partial charge in [-0.3, -0.25) is 9.48 Å². The third-order valence-corrected chi connectivity index (χ3v) is 2.78. The van der Waals surface area contributed by atoms with Gasteiger partial charge in [0.15, 0.2) is 5.82 Å². The quantitative estimate of drug-likeness (QED) is 0.798. The van der Waals surface area contributed by atoms with Crippen molar-refractivity contribution in [2.45, 2.75) is 39.3 Å². The maximum Gasteiger partial charge on any atom is 0.255 e. The monoisotopic (exact) mass is 263 g/mol. The van der Waals surface area contributed by atoms with Gasteiger partial charge < -0.3 is 5.32 Å². The maximum atomic E-state index is 12.1. The number of aromatic amines is 1. The molecule has 0 aliphatic carbocycles. The second-order valence-electron chi connectivity index (χ2n) is 4.17. The number of aromatic nitrogens is 6. The van der Waals surface area contributed by atoms with Crippen LogP contribution >= 0.6 is 0 Å². The van der Waals surface area contributed by atoms with Gasteiger partial charge >= 0.3 is 0 Å². The Bertz CT molecular complexity index is 519. The van der Waals surface area contributed by atoms with Crippen LogP contribution in [0.4, 0.5) is 0 Å². The summed E-state index contributed by atoms with van der Waals surface area (Å²) in [7, 11) is 0. The third kappa shape index (κ3) is 3.15. The fourth-order valence-electron chi connectivity index (χ4n) is 1.77. The van der Waals surface area contributed by atoms with Gasteiger partial charge in [-0.15, -0.1) is 10.2 Å². The Labute approximate surface area is 110 Å². The van der Waals surface area contributed by atoms with Crippen LogP contribution in [0.3, 0.4) is 0 Å². The number of hydrogen-bond donors (Lipinski definition) is 2. The number of rotatable bonds is 6. The summed E-state index contributed by atoms with van der Waals surface area (Å²) in [6.07, 6.45) is 4.94. The van der Waals surface area contributed by atoms with E-state index in [1.807, 2.05) is 13.8 Å². The molecule has 8 nitrogen and oxygen atoms in total. The van der Waals surface area contributed by atoms with E-state index in [1.165, 1.54) is 0 Å². The number of amides is 1. The van der Waals surface area contributed by atoms with Crippen molar-refractivity contribution < 1.29 is 4.79 Å². The zero-order valence-electron chi connectivity index (χ0n) is 11.0. The molecule has 19 heavy (non-hydrogen) atoms. The zero-order valence-corrected chi connectivity index (χ0v) is 11.0. The summed E-state index contributed by atoms with van der Waals surface area (Å²) in [5.74, 6) is 0.320. The first-order valence-electron chi connectivity index (χ1n) is 6.31. The van der Waals surface area contributed by atoms with Crippen LogP contribution in [0.15, 0.2) is 12.4 Å². The van der Waals surface area contributed by atoms with Gasteiger partial charge in [0.05, 0.1) is 17.8 Å². The Hall–Kier alpha value is -2.25. The Morgan fingerprint density at radius 1 is 1.53 bits per heavy atom. The number of aryl methyl sites for hydroxylation is 1. The van der Waals surface area contributed by atoms with Crippen LogP contribution in [0.1, 0.15) is 48.9 Å². The summed E-state index contributed by atoms with van der Waals surface area (Å²) in [5.41, 5.74) is 0.534. The van der Waals surface area contributed by atoms with E-state index in [0.717, 1.165) is 19.4 Å². The number of nitrogens with one attached hydrogen (secondary N) is 2. The number of tetrazole rings is 1. The molecule has 0 aromatic carbocycles. The van der Waals surface area contributed by atoms with Crippen molar-refractivity contribution in [3.8, 4) is 0 Å². The van der Waals surface area contributed by atoms with Crippen LogP contribution in [0.25, 0.3) is 0 Å². The van der Waals surface area contributed by atoms with Crippen LogP contribution in [0.2, 0.25) is 0 Å². The molecule has 0 fully saturated rings. The standard InChI is InChI=1S/C11H17N7O/c1-3-5-9(10-14-16-17-15-10)13-11(19)8-6-12-18(4-2)7-8/h6-7,9H,3-5H2,1-2H3,(H,13,19)(H,14,15,16,17). The first-order valence-corrected chi connectivity index (χ1v) is 6.31. The minimum absolute atomic E-state index is 0.178. The molecule has 102 valence electrons. The topological polar surface area (TPSA) is 101 Å². The molecule has 0 saturated carbocycles. The van der Waals surface area contributed by atoms with Crippen molar-refractivity contribution in [2.24, 2.45) is 0 Å². The molecule has 0 saturated heterocycles. The molecule has 2 rings (SSSR count). The summed E-state index contributed by atoms with van der Waals surface area (Å²) in [6.45, 7) is 4.73. The van der Waals surface area contributed by atoms with Crippen molar-refractivity contribution >= 4 is 5.91 Å². The normalized spacial score (nSPS) is 12.3. The van der Waals surface area contributed by atoms with E-state index in [-0.39, 0.29) is 11.9 Å². The molecule has 2 N–H and O–H groups in total. The van der Waals surface area contributed by atoms with Gasteiger partial charge in [0.1, 0.15) is 0 Å². The number of carbonyl (C=O) groups is 1. The summed E-state index contributed by atoms with van der Waals surface area (Å²) in [5, 5.41) is 20.7. The summed E-state index contributed by atoms with van der Waals surface area (Å²) < 4.78 is 1.71. The van der Waals surface area contributed by atoms with Crippen LogP contribution in [0.5, 0.6) is 0 Å². The van der Waals surface area contributed by atoms with Gasteiger partial charge in [-0.2, -0.15) is 10.3 Å². The van der Waals surface area contributed by atoms with Crippen LogP contribution in [-0.2, 0) is 6.54 Å². The van der Waals surface area contributed by atoms with E-state index in [9.17, 15) is 4.79 Å². The largest absolute Gasteiger partial charge is 0.342 e. The lowest BCUT2D eigenvalue weighted by Gasteiger charge is -2.13. The molecular formula is C11H17N7O. The number of H-pyrrole nitrogens is 1. The van der Waals surface area contributed by atoms with Crippen molar-refractivity contribution in [1.29, 1.82) is 0 Å². The highest BCUT2D eigenvalue weighted by Gasteiger charge is 2.19. The average Bonchev–Trinajstić information content (AvgIpc) is 3.09. The molecule has 2 aromatic rings. The minimum atomic E-state index is -0.235. The Morgan fingerprint density at radius 2 is 2.37 bits per heavy atom. The van der Waals surface area contributed by atoms with Gasteiger partial charge in [0.2, 0.25) is 0 Å². The summed E-state index contributed by atoms with van der Waals surface area (Å²) in [4.78, 5) is 12.1. The Balaban J connectivity index is 2.06.